The molecule has 4 heteroatoms. The standard InChI is InChI=1S/C24H32N2O2/c1-6-21(23(28)25-24(3,4)5)26(17-19-12-8-7-9-13-19)22(27)16-20-14-10-11-18(2)15-20/h7-15,21H,6,16-17H2,1-5H3,(H,25,28)/t21-/m1/s1. The first kappa shape index (κ1) is 21.7. The molecule has 0 saturated carbocycles. The summed E-state index contributed by atoms with van der Waals surface area (Å²) in [5.41, 5.74) is 2.76. The molecule has 0 spiro atoms. The van der Waals surface area contributed by atoms with E-state index in [4.69, 9.17) is 0 Å². The Hall–Kier alpha value is -2.62. The molecule has 0 aliphatic carbocycles. The SMILES string of the molecule is CC[C@H](C(=O)NC(C)(C)C)N(Cc1ccccc1)C(=O)Cc1cccc(C)c1. The number of nitrogens with zero attached hydrogens (tertiary/aromatic N) is 1. The first-order chi connectivity index (χ1) is 13.2. The minimum atomic E-state index is -0.503. The van der Waals surface area contributed by atoms with E-state index in [0.717, 1.165) is 16.7 Å². The fraction of sp³-hybridized carbons (Fsp3) is 0.417. The lowest BCUT2D eigenvalue weighted by Crippen LogP contribution is -2.53. The highest BCUT2D eigenvalue weighted by Gasteiger charge is 2.30. The number of amides is 2. The Balaban J connectivity index is 2.28. The molecule has 0 bridgehead atoms. The molecule has 28 heavy (non-hydrogen) atoms. The second kappa shape index (κ2) is 9.54. The molecule has 0 aliphatic rings. The summed E-state index contributed by atoms with van der Waals surface area (Å²) >= 11 is 0. The van der Waals surface area contributed by atoms with Crippen LogP contribution in [-0.4, -0.2) is 28.3 Å². The number of benzene rings is 2. The van der Waals surface area contributed by atoms with Crippen LogP contribution < -0.4 is 5.32 Å². The Morgan fingerprint density at radius 3 is 2.21 bits per heavy atom. The lowest BCUT2D eigenvalue weighted by Gasteiger charge is -2.33. The highest BCUT2D eigenvalue weighted by Crippen LogP contribution is 2.16. The van der Waals surface area contributed by atoms with E-state index in [1.54, 1.807) is 4.90 Å². The Morgan fingerprint density at radius 1 is 1.00 bits per heavy atom. The first-order valence-electron chi connectivity index (χ1n) is 9.90. The summed E-state index contributed by atoms with van der Waals surface area (Å²) < 4.78 is 0. The second-order valence-electron chi connectivity index (χ2n) is 8.34. The molecule has 1 N–H and O–H groups in total. The van der Waals surface area contributed by atoms with Crippen LogP contribution in [0.2, 0.25) is 0 Å². The summed E-state index contributed by atoms with van der Waals surface area (Å²) in [6.45, 7) is 10.2. The molecular weight excluding hydrogens is 348 g/mol. The van der Waals surface area contributed by atoms with Gasteiger partial charge in [-0.05, 0) is 45.2 Å². The van der Waals surface area contributed by atoms with Gasteiger partial charge in [0.1, 0.15) is 6.04 Å². The van der Waals surface area contributed by atoms with Gasteiger partial charge in [-0.25, -0.2) is 0 Å². The second-order valence-corrected chi connectivity index (χ2v) is 8.34. The summed E-state index contributed by atoms with van der Waals surface area (Å²) in [5.74, 6) is -0.145. The third-order valence-electron chi connectivity index (χ3n) is 4.52. The molecule has 0 fully saturated rings. The van der Waals surface area contributed by atoms with Gasteiger partial charge in [-0.3, -0.25) is 9.59 Å². The molecule has 0 radical (unpaired) electrons. The van der Waals surface area contributed by atoms with Crippen molar-refractivity contribution in [3.05, 3.63) is 71.3 Å². The molecular formula is C24H32N2O2. The predicted octanol–water partition coefficient (Wildman–Crippen LogP) is 4.26. The van der Waals surface area contributed by atoms with Crippen LogP contribution in [0.1, 0.15) is 50.8 Å². The van der Waals surface area contributed by atoms with Crippen molar-refractivity contribution in [1.29, 1.82) is 0 Å². The Bertz CT molecular complexity index is 794. The molecule has 2 amide bonds. The third-order valence-corrected chi connectivity index (χ3v) is 4.52. The van der Waals surface area contributed by atoms with Gasteiger partial charge in [0.25, 0.3) is 0 Å². The topological polar surface area (TPSA) is 49.4 Å². The largest absolute Gasteiger partial charge is 0.350 e. The molecule has 0 aromatic heterocycles. The van der Waals surface area contributed by atoms with Crippen LogP contribution in [0.3, 0.4) is 0 Å². The molecule has 2 rings (SSSR count). The minimum Gasteiger partial charge on any atom is -0.350 e. The minimum absolute atomic E-state index is 0.0367. The predicted molar refractivity (Wildman–Crippen MR) is 114 cm³/mol. The van der Waals surface area contributed by atoms with Crippen molar-refractivity contribution < 1.29 is 9.59 Å². The maximum atomic E-state index is 13.2. The number of rotatable bonds is 7. The zero-order valence-electron chi connectivity index (χ0n) is 17.7. The average molecular weight is 381 g/mol. The van der Waals surface area contributed by atoms with Crippen LogP contribution >= 0.6 is 0 Å². The van der Waals surface area contributed by atoms with Gasteiger partial charge in [-0.2, -0.15) is 0 Å². The summed E-state index contributed by atoms with van der Waals surface area (Å²) in [4.78, 5) is 27.9. The van der Waals surface area contributed by atoms with E-state index in [2.05, 4.69) is 5.32 Å². The van der Waals surface area contributed by atoms with Gasteiger partial charge in [0.2, 0.25) is 11.8 Å². The van der Waals surface area contributed by atoms with Crippen LogP contribution in [0.5, 0.6) is 0 Å². The van der Waals surface area contributed by atoms with E-state index in [0.29, 0.717) is 13.0 Å². The summed E-state index contributed by atoms with van der Waals surface area (Å²) in [5, 5.41) is 3.03. The molecule has 2 aromatic carbocycles. The van der Waals surface area contributed by atoms with E-state index in [9.17, 15) is 9.59 Å². The quantitative estimate of drug-likeness (QED) is 0.780. The van der Waals surface area contributed by atoms with Gasteiger partial charge in [0, 0.05) is 12.1 Å². The maximum Gasteiger partial charge on any atom is 0.243 e. The zero-order valence-corrected chi connectivity index (χ0v) is 17.7. The van der Waals surface area contributed by atoms with Crippen LogP contribution in [0, 0.1) is 6.92 Å². The maximum absolute atomic E-state index is 13.2. The number of nitrogens with one attached hydrogen (secondary N) is 1. The summed E-state index contributed by atoms with van der Waals surface area (Å²) in [6, 6.07) is 17.3. The molecule has 0 saturated heterocycles. The van der Waals surface area contributed by atoms with Gasteiger partial charge in [-0.15, -0.1) is 0 Å². The van der Waals surface area contributed by atoms with E-state index in [1.165, 1.54) is 0 Å². The van der Waals surface area contributed by atoms with E-state index >= 15 is 0 Å². The van der Waals surface area contributed by atoms with Gasteiger partial charge in [-0.1, -0.05) is 67.1 Å². The van der Waals surface area contributed by atoms with Crippen LogP contribution in [0.25, 0.3) is 0 Å². The molecule has 1 atom stereocenters. The molecule has 0 heterocycles. The van der Waals surface area contributed by atoms with Gasteiger partial charge in [0.15, 0.2) is 0 Å². The van der Waals surface area contributed by atoms with E-state index in [1.807, 2.05) is 89.2 Å². The lowest BCUT2D eigenvalue weighted by molar-refractivity contribution is -0.141. The number of carbonyl (C=O) groups is 2. The fourth-order valence-electron chi connectivity index (χ4n) is 3.25. The van der Waals surface area contributed by atoms with Crippen molar-refractivity contribution >= 4 is 11.8 Å². The lowest BCUT2D eigenvalue weighted by atomic mass is 10.0. The smallest absolute Gasteiger partial charge is 0.243 e. The number of hydrogen-bond donors (Lipinski definition) is 1. The van der Waals surface area contributed by atoms with Crippen molar-refractivity contribution in [1.82, 2.24) is 10.2 Å². The number of aryl methyl sites for hydroxylation is 1. The normalized spacial score (nSPS) is 12.3. The molecule has 0 aliphatic heterocycles. The Labute approximate surface area is 169 Å². The van der Waals surface area contributed by atoms with E-state index in [-0.39, 0.29) is 23.8 Å². The zero-order chi connectivity index (χ0) is 20.7. The van der Waals surface area contributed by atoms with Crippen LogP contribution in [0.15, 0.2) is 54.6 Å². The van der Waals surface area contributed by atoms with Crippen molar-refractivity contribution in [3.8, 4) is 0 Å². The van der Waals surface area contributed by atoms with E-state index < -0.39 is 6.04 Å². The number of hydrogen-bond acceptors (Lipinski definition) is 2. The fourth-order valence-corrected chi connectivity index (χ4v) is 3.25. The molecule has 4 nitrogen and oxygen atoms in total. The van der Waals surface area contributed by atoms with Gasteiger partial charge >= 0.3 is 0 Å². The van der Waals surface area contributed by atoms with Gasteiger partial charge < -0.3 is 10.2 Å². The first-order valence-corrected chi connectivity index (χ1v) is 9.90. The number of carbonyl (C=O) groups excluding carboxylic acids is 2. The third kappa shape index (κ3) is 6.52. The van der Waals surface area contributed by atoms with Gasteiger partial charge in [0.05, 0.1) is 6.42 Å². The summed E-state index contributed by atoms with van der Waals surface area (Å²) in [6.07, 6.45) is 0.849. The van der Waals surface area contributed by atoms with Crippen LogP contribution in [-0.2, 0) is 22.6 Å². The monoisotopic (exact) mass is 380 g/mol. The Morgan fingerprint density at radius 2 is 1.64 bits per heavy atom. The highest BCUT2D eigenvalue weighted by molar-refractivity contribution is 5.88. The average Bonchev–Trinajstić information content (AvgIpc) is 2.61. The molecule has 2 aromatic rings. The van der Waals surface area contributed by atoms with Crippen molar-refractivity contribution in [2.24, 2.45) is 0 Å². The van der Waals surface area contributed by atoms with Crippen molar-refractivity contribution in [2.45, 2.75) is 65.6 Å². The Kier molecular flexibility index (Phi) is 7.38. The summed E-state index contributed by atoms with van der Waals surface area (Å²) in [7, 11) is 0. The highest BCUT2D eigenvalue weighted by atomic mass is 16.2. The van der Waals surface area contributed by atoms with Crippen molar-refractivity contribution in [3.63, 3.8) is 0 Å². The van der Waals surface area contributed by atoms with Crippen LogP contribution in [0.4, 0.5) is 0 Å². The molecule has 0 unspecified atom stereocenters. The molecule has 150 valence electrons. The van der Waals surface area contributed by atoms with Crippen molar-refractivity contribution in [2.75, 3.05) is 0 Å².